The highest BCUT2D eigenvalue weighted by molar-refractivity contribution is 6.91. The summed E-state index contributed by atoms with van der Waals surface area (Å²) in [5.41, 5.74) is 1.83. The molecule has 1 saturated heterocycles. The van der Waals surface area contributed by atoms with E-state index in [-0.39, 0.29) is 36.2 Å². The molecule has 1 aromatic heterocycles. The Morgan fingerprint density at radius 1 is 1.07 bits per heavy atom. The topological polar surface area (TPSA) is 182 Å². The second-order valence-corrected chi connectivity index (χ2v) is 20.4. The summed E-state index contributed by atoms with van der Waals surface area (Å²) in [6, 6.07) is 29.2. The predicted molar refractivity (Wildman–Crippen MR) is 221 cm³/mol. The summed E-state index contributed by atoms with van der Waals surface area (Å²) in [6.07, 6.45) is 0.618. The van der Waals surface area contributed by atoms with Gasteiger partial charge in [0.15, 0.2) is 5.60 Å². The van der Waals surface area contributed by atoms with Gasteiger partial charge in [0.05, 0.1) is 56.7 Å². The number of carbonyl (C=O) groups excluding carboxylic acids is 2. The van der Waals surface area contributed by atoms with Crippen LogP contribution in [0.1, 0.15) is 48.6 Å². The maximum absolute atomic E-state index is 15.3. The summed E-state index contributed by atoms with van der Waals surface area (Å²) in [5, 5.41) is 45.0. The number of ether oxygens (including phenoxy) is 2. The van der Waals surface area contributed by atoms with E-state index in [4.69, 9.17) is 9.47 Å². The van der Waals surface area contributed by atoms with Crippen molar-refractivity contribution in [3.8, 4) is 5.75 Å². The van der Waals surface area contributed by atoms with Crippen molar-refractivity contribution < 1.29 is 34.2 Å². The van der Waals surface area contributed by atoms with Crippen LogP contribution in [0.2, 0.25) is 18.6 Å². The van der Waals surface area contributed by atoms with E-state index >= 15 is 4.79 Å². The highest BCUT2D eigenvalue weighted by Crippen LogP contribution is 2.60. The Labute approximate surface area is 337 Å². The fourth-order valence-corrected chi connectivity index (χ4v) is 13.0. The summed E-state index contributed by atoms with van der Waals surface area (Å²) >= 11 is 0. The van der Waals surface area contributed by atoms with Crippen molar-refractivity contribution in [2.45, 2.75) is 75.7 Å². The largest absolute Gasteiger partial charge is 0.497 e. The minimum Gasteiger partial charge on any atom is -0.497 e. The zero-order valence-electron chi connectivity index (χ0n) is 33.1. The molecule has 2 aliphatic rings. The summed E-state index contributed by atoms with van der Waals surface area (Å²) < 4.78 is 14.4. The lowest BCUT2D eigenvalue weighted by Crippen LogP contribution is -2.51. The van der Waals surface area contributed by atoms with Crippen molar-refractivity contribution in [3.63, 3.8) is 0 Å². The number of rotatable bonds is 14. The third-order valence-corrected chi connectivity index (χ3v) is 16.2. The van der Waals surface area contributed by atoms with Gasteiger partial charge in [0, 0.05) is 42.0 Å². The van der Waals surface area contributed by atoms with Gasteiger partial charge in [-0.15, -0.1) is 5.10 Å². The molecule has 2 amide bonds. The lowest BCUT2D eigenvalue weighted by Gasteiger charge is -2.37. The normalized spacial score (nSPS) is 21.2. The van der Waals surface area contributed by atoms with Crippen LogP contribution in [-0.4, -0.2) is 75.9 Å². The number of methoxy groups -OCH3 is 1. The number of amides is 2. The number of non-ortho nitro benzene ring substituents is 1. The van der Waals surface area contributed by atoms with Crippen LogP contribution in [0, 0.1) is 16.0 Å². The van der Waals surface area contributed by atoms with E-state index in [1.165, 1.54) is 19.1 Å². The molecule has 1 spiro atoms. The Bertz CT molecular complexity index is 2300. The maximum Gasteiger partial charge on any atom is 0.269 e. The quantitative estimate of drug-likeness (QED) is 0.0738. The Balaban J connectivity index is 1.27. The first-order valence-corrected chi connectivity index (χ1v) is 22.4. The van der Waals surface area contributed by atoms with Crippen molar-refractivity contribution in [1.82, 2.24) is 15.0 Å². The fourth-order valence-electron chi connectivity index (χ4n) is 8.92. The highest BCUT2D eigenvalue weighted by atomic mass is 28.3. The van der Waals surface area contributed by atoms with Gasteiger partial charge in [0.1, 0.15) is 11.9 Å². The second-order valence-electron chi connectivity index (χ2n) is 15.7. The third kappa shape index (κ3) is 7.41. The van der Waals surface area contributed by atoms with Gasteiger partial charge in [-0.1, -0.05) is 85.0 Å². The molecule has 7 rings (SSSR count). The number of nitrogens with one attached hydrogen (secondary N) is 1. The number of aliphatic hydroxyl groups excluding tert-OH is 2. The standard InChI is InChI=1S/C43H48N6O8Si/c1-27-40(58(4,5)34-17-15-33(56-3)16-18-34)39(20-21-47-25-37(45-46-47)35(26-50)30-11-7-6-8-12-30)57-43(27)36-23-32(49(54)55)14-19-38(36)48(42(43)53)24-29-10-9-13-31(22-29)44-41(52)28(2)51/h6-19,22-23,25,27-28,35,39-40,50-51H,20-21,24,26H2,1-5H3,(H,44,52)/t27-,28-,35?,39+,40-,43+/m0/s1. The zero-order valence-corrected chi connectivity index (χ0v) is 34.1. The molecule has 1 unspecified atom stereocenters. The minimum absolute atomic E-state index is 0.101. The summed E-state index contributed by atoms with van der Waals surface area (Å²) in [4.78, 5) is 40.9. The van der Waals surface area contributed by atoms with Gasteiger partial charge in [-0.3, -0.25) is 24.4 Å². The van der Waals surface area contributed by atoms with Crippen molar-refractivity contribution in [2.75, 3.05) is 23.9 Å². The van der Waals surface area contributed by atoms with Crippen molar-refractivity contribution in [3.05, 3.63) is 136 Å². The number of fused-ring (bicyclic) bond motifs is 2. The van der Waals surface area contributed by atoms with E-state index in [9.17, 15) is 25.1 Å². The molecule has 2 aliphatic heterocycles. The molecule has 15 heteroatoms. The minimum atomic E-state index is -2.54. The summed E-state index contributed by atoms with van der Waals surface area (Å²) in [5.74, 6) is -0.920. The zero-order chi connectivity index (χ0) is 41.4. The molecule has 6 atom stereocenters. The van der Waals surface area contributed by atoms with Gasteiger partial charge in [-0.05, 0) is 60.3 Å². The number of hydrogen-bond donors (Lipinski definition) is 3. The Morgan fingerprint density at radius 3 is 2.48 bits per heavy atom. The summed E-state index contributed by atoms with van der Waals surface area (Å²) in [6.45, 7) is 8.31. The average molecular weight is 805 g/mol. The number of aryl methyl sites for hydroxylation is 1. The van der Waals surface area contributed by atoms with E-state index in [1.54, 1.807) is 41.0 Å². The number of aromatic nitrogens is 3. The van der Waals surface area contributed by atoms with Crippen LogP contribution >= 0.6 is 0 Å². The van der Waals surface area contributed by atoms with Gasteiger partial charge in [-0.25, -0.2) is 0 Å². The predicted octanol–water partition coefficient (Wildman–Crippen LogP) is 5.49. The first-order chi connectivity index (χ1) is 27.8. The molecule has 0 aliphatic carbocycles. The van der Waals surface area contributed by atoms with Gasteiger partial charge in [-0.2, -0.15) is 0 Å². The number of benzene rings is 4. The lowest BCUT2D eigenvalue weighted by atomic mass is 9.82. The van der Waals surface area contributed by atoms with Crippen molar-refractivity contribution in [1.29, 1.82) is 0 Å². The molecule has 0 radical (unpaired) electrons. The Hall–Kier alpha value is -5.74. The molecule has 1 fully saturated rings. The van der Waals surface area contributed by atoms with Crippen molar-refractivity contribution >= 4 is 42.1 Å². The summed E-state index contributed by atoms with van der Waals surface area (Å²) in [7, 11) is -0.918. The van der Waals surface area contributed by atoms with Crippen LogP contribution < -0.4 is 20.1 Å². The van der Waals surface area contributed by atoms with Gasteiger partial charge in [0.25, 0.3) is 17.5 Å². The maximum atomic E-state index is 15.3. The van der Waals surface area contributed by atoms with Crippen LogP contribution in [0.5, 0.6) is 5.75 Å². The molecular weight excluding hydrogens is 757 g/mol. The first-order valence-electron chi connectivity index (χ1n) is 19.4. The van der Waals surface area contributed by atoms with Crippen LogP contribution in [0.4, 0.5) is 17.1 Å². The van der Waals surface area contributed by atoms with Crippen LogP contribution in [0.3, 0.4) is 0 Å². The Kier molecular flexibility index (Phi) is 11.3. The van der Waals surface area contributed by atoms with E-state index in [1.807, 2.05) is 61.7 Å². The molecule has 3 N–H and O–H groups in total. The van der Waals surface area contributed by atoms with Gasteiger partial charge < -0.3 is 29.9 Å². The van der Waals surface area contributed by atoms with Crippen LogP contribution in [0.15, 0.2) is 103 Å². The van der Waals surface area contributed by atoms with E-state index in [0.717, 1.165) is 16.5 Å². The molecule has 0 saturated carbocycles. The van der Waals surface area contributed by atoms with Crippen molar-refractivity contribution in [2.24, 2.45) is 5.92 Å². The number of nitrogens with zero attached hydrogens (tertiary/aromatic N) is 5. The van der Waals surface area contributed by atoms with Gasteiger partial charge >= 0.3 is 0 Å². The molecule has 302 valence electrons. The van der Waals surface area contributed by atoms with E-state index in [2.05, 4.69) is 40.9 Å². The number of hydrogen-bond acceptors (Lipinski definition) is 10. The SMILES string of the molecule is COc1ccc([Si](C)(C)[C@@H]2[C@@H](CCn3cc(C(CO)c4ccccc4)nn3)O[C@]3(C(=O)N(Cc4cccc(NC(=O)[C@H](C)O)c4)c4ccc([N+](=O)[O-])cc43)[C@H]2C)cc1. The fraction of sp³-hybridized carbons (Fsp3) is 0.349. The van der Waals surface area contributed by atoms with E-state index in [0.29, 0.717) is 41.2 Å². The number of anilines is 2. The van der Waals surface area contributed by atoms with Crippen LogP contribution in [0.25, 0.3) is 0 Å². The first kappa shape index (κ1) is 40.5. The molecule has 14 nitrogen and oxygen atoms in total. The average Bonchev–Trinajstić information content (AvgIpc) is 3.88. The molecule has 5 aromatic rings. The van der Waals surface area contributed by atoms with E-state index < -0.39 is 42.6 Å². The third-order valence-electron chi connectivity index (χ3n) is 11.9. The number of aliphatic hydroxyl groups is 2. The van der Waals surface area contributed by atoms with Gasteiger partial charge in [0.2, 0.25) is 0 Å². The lowest BCUT2D eigenvalue weighted by molar-refractivity contribution is -0.385. The molecule has 58 heavy (non-hydrogen) atoms. The molecular formula is C43H48N6O8Si. The Morgan fingerprint density at radius 2 is 1.81 bits per heavy atom. The number of nitro groups is 1. The highest BCUT2D eigenvalue weighted by Gasteiger charge is 2.66. The molecule has 3 heterocycles. The monoisotopic (exact) mass is 804 g/mol. The molecule has 0 bridgehead atoms. The number of carbonyl (C=O) groups is 2. The smallest absolute Gasteiger partial charge is 0.269 e. The second kappa shape index (κ2) is 16.3. The number of nitro benzene ring substituents is 1. The van der Waals surface area contributed by atoms with Crippen LogP contribution in [-0.2, 0) is 33.0 Å². The molecule has 4 aromatic carbocycles.